The van der Waals surface area contributed by atoms with Gasteiger partial charge in [0, 0.05) is 30.6 Å². The molecule has 2 aromatic carbocycles. The zero-order valence-corrected chi connectivity index (χ0v) is 17.0. The molecule has 2 aliphatic rings. The van der Waals surface area contributed by atoms with Gasteiger partial charge in [0.2, 0.25) is 0 Å². The van der Waals surface area contributed by atoms with Crippen molar-refractivity contribution in [3.05, 3.63) is 64.7 Å². The lowest BCUT2D eigenvalue weighted by Gasteiger charge is -2.33. The second-order valence-electron chi connectivity index (χ2n) is 7.83. The summed E-state index contributed by atoms with van der Waals surface area (Å²) in [5, 5.41) is 3.48. The van der Waals surface area contributed by atoms with E-state index in [1.807, 2.05) is 29.2 Å². The van der Waals surface area contributed by atoms with Crippen molar-refractivity contribution in [3.63, 3.8) is 0 Å². The summed E-state index contributed by atoms with van der Waals surface area (Å²) >= 11 is 6.19. The van der Waals surface area contributed by atoms with Gasteiger partial charge in [-0.25, -0.2) is 0 Å². The van der Waals surface area contributed by atoms with Crippen molar-refractivity contribution < 1.29 is 14.3 Å². The Morgan fingerprint density at radius 2 is 1.93 bits per heavy atom. The van der Waals surface area contributed by atoms with Crippen LogP contribution < -0.4 is 10.1 Å². The summed E-state index contributed by atoms with van der Waals surface area (Å²) in [6.45, 7) is 1.89. The van der Waals surface area contributed by atoms with Crippen LogP contribution in [0.2, 0.25) is 5.02 Å². The van der Waals surface area contributed by atoms with E-state index in [1.165, 1.54) is 0 Å². The predicted octanol–water partition coefficient (Wildman–Crippen LogP) is 4.16. The number of carbonyl (C=O) groups excluding carboxylic acids is 2. The molecule has 5 nitrogen and oxygen atoms in total. The molecule has 2 aromatic rings. The Labute approximate surface area is 176 Å². The van der Waals surface area contributed by atoms with Gasteiger partial charge in [-0.15, -0.1) is 0 Å². The first-order chi connectivity index (χ1) is 14.1. The zero-order chi connectivity index (χ0) is 20.2. The molecule has 6 heteroatoms. The first-order valence-corrected chi connectivity index (χ1v) is 10.6. The molecule has 152 valence electrons. The van der Waals surface area contributed by atoms with Crippen molar-refractivity contribution in [2.45, 2.75) is 31.7 Å². The molecule has 1 saturated carbocycles. The van der Waals surface area contributed by atoms with Gasteiger partial charge in [0.25, 0.3) is 11.8 Å². The number of hydrogen-bond donors (Lipinski definition) is 1. The molecule has 0 spiro atoms. The number of carbonyl (C=O) groups is 2. The molecule has 4 rings (SSSR count). The average molecular weight is 413 g/mol. The third kappa shape index (κ3) is 5.10. The van der Waals surface area contributed by atoms with E-state index in [4.69, 9.17) is 16.3 Å². The van der Waals surface area contributed by atoms with Crippen LogP contribution in [-0.2, 0) is 0 Å². The van der Waals surface area contributed by atoms with Gasteiger partial charge in [-0.05, 0) is 56.0 Å². The van der Waals surface area contributed by atoms with Crippen molar-refractivity contribution >= 4 is 23.4 Å². The summed E-state index contributed by atoms with van der Waals surface area (Å²) in [7, 11) is 0. The third-order valence-electron chi connectivity index (χ3n) is 5.40. The normalized spacial score (nSPS) is 18.9. The number of rotatable bonds is 6. The van der Waals surface area contributed by atoms with Crippen LogP contribution in [0.15, 0.2) is 48.5 Å². The molecule has 1 N–H and O–H groups in total. The van der Waals surface area contributed by atoms with Crippen molar-refractivity contribution in [2.75, 3.05) is 19.7 Å². The number of nitrogens with one attached hydrogen (secondary N) is 1. The van der Waals surface area contributed by atoms with Gasteiger partial charge in [-0.1, -0.05) is 29.8 Å². The van der Waals surface area contributed by atoms with Gasteiger partial charge in [-0.2, -0.15) is 0 Å². The van der Waals surface area contributed by atoms with Gasteiger partial charge in [-0.3, -0.25) is 9.59 Å². The third-order valence-corrected chi connectivity index (χ3v) is 5.73. The lowest BCUT2D eigenvalue weighted by molar-refractivity contribution is 0.0633. The summed E-state index contributed by atoms with van der Waals surface area (Å²) in [6.07, 6.45) is 4.07. The van der Waals surface area contributed by atoms with Crippen LogP contribution in [0.4, 0.5) is 0 Å². The van der Waals surface area contributed by atoms with Gasteiger partial charge in [0.1, 0.15) is 5.75 Å². The number of likely N-dealkylation sites (tertiary alicyclic amines) is 1. The van der Waals surface area contributed by atoms with E-state index < -0.39 is 0 Å². The molecule has 1 aliphatic heterocycles. The maximum atomic E-state index is 12.8. The van der Waals surface area contributed by atoms with E-state index in [0.29, 0.717) is 41.1 Å². The maximum Gasteiger partial charge on any atom is 0.255 e. The Kier molecular flexibility index (Phi) is 6.05. The molecule has 0 radical (unpaired) electrons. The van der Waals surface area contributed by atoms with E-state index in [0.717, 1.165) is 32.2 Å². The second kappa shape index (κ2) is 8.87. The Bertz CT molecular complexity index is 897. The van der Waals surface area contributed by atoms with Crippen LogP contribution in [0, 0.1) is 5.92 Å². The molecule has 2 fully saturated rings. The Hall–Kier alpha value is -2.53. The second-order valence-corrected chi connectivity index (χ2v) is 8.23. The van der Waals surface area contributed by atoms with E-state index in [1.54, 1.807) is 24.3 Å². The highest BCUT2D eigenvalue weighted by molar-refractivity contribution is 6.33. The van der Waals surface area contributed by atoms with E-state index >= 15 is 0 Å². The van der Waals surface area contributed by atoms with E-state index in [-0.39, 0.29) is 17.7 Å². The van der Waals surface area contributed by atoms with E-state index in [2.05, 4.69) is 5.32 Å². The number of ether oxygens (including phenoxy) is 1. The Balaban J connectivity index is 1.33. The highest BCUT2D eigenvalue weighted by Crippen LogP contribution is 2.24. The topological polar surface area (TPSA) is 58.6 Å². The number of piperidine rings is 1. The predicted molar refractivity (Wildman–Crippen MR) is 113 cm³/mol. The molecule has 0 aromatic heterocycles. The SMILES string of the molecule is O=C(NC1CC1)c1cccc(OC[C@@H]2CCCN(C(=O)c3ccccc3Cl)C2)c1. The number of hydrogen-bond acceptors (Lipinski definition) is 3. The smallest absolute Gasteiger partial charge is 0.255 e. The quantitative estimate of drug-likeness (QED) is 0.774. The molecular weight excluding hydrogens is 388 g/mol. The molecule has 0 unspecified atom stereocenters. The van der Waals surface area contributed by atoms with Crippen molar-refractivity contribution in [3.8, 4) is 5.75 Å². The monoisotopic (exact) mass is 412 g/mol. The molecule has 1 heterocycles. The van der Waals surface area contributed by atoms with Crippen LogP contribution >= 0.6 is 11.6 Å². The summed E-state index contributed by atoms with van der Waals surface area (Å²) in [5.41, 5.74) is 1.17. The van der Waals surface area contributed by atoms with Crippen molar-refractivity contribution in [2.24, 2.45) is 5.92 Å². The van der Waals surface area contributed by atoms with Crippen LogP contribution in [-0.4, -0.2) is 42.5 Å². The largest absolute Gasteiger partial charge is 0.493 e. The fourth-order valence-electron chi connectivity index (χ4n) is 3.63. The summed E-state index contributed by atoms with van der Waals surface area (Å²) in [4.78, 5) is 26.9. The first-order valence-electron chi connectivity index (χ1n) is 10.2. The fraction of sp³-hybridized carbons (Fsp3) is 0.391. The van der Waals surface area contributed by atoms with Crippen molar-refractivity contribution in [1.82, 2.24) is 10.2 Å². The lowest BCUT2D eigenvalue weighted by atomic mass is 9.98. The first kappa shape index (κ1) is 19.8. The number of halogens is 1. The summed E-state index contributed by atoms with van der Waals surface area (Å²) in [5.74, 6) is 0.855. The maximum absolute atomic E-state index is 12.8. The number of amides is 2. The molecule has 29 heavy (non-hydrogen) atoms. The zero-order valence-electron chi connectivity index (χ0n) is 16.3. The molecule has 1 atom stereocenters. The molecular formula is C23H25ClN2O3. The van der Waals surface area contributed by atoms with Gasteiger partial charge < -0.3 is 15.0 Å². The minimum Gasteiger partial charge on any atom is -0.493 e. The van der Waals surface area contributed by atoms with Crippen LogP contribution in [0.3, 0.4) is 0 Å². The fourth-order valence-corrected chi connectivity index (χ4v) is 3.84. The lowest BCUT2D eigenvalue weighted by Crippen LogP contribution is -2.41. The van der Waals surface area contributed by atoms with Crippen molar-refractivity contribution in [1.29, 1.82) is 0 Å². The highest BCUT2D eigenvalue weighted by atomic mass is 35.5. The standard InChI is InChI=1S/C23H25ClN2O3/c24-21-9-2-1-8-20(21)23(28)26-12-4-5-16(14-26)15-29-19-7-3-6-17(13-19)22(27)25-18-10-11-18/h1-3,6-9,13,16,18H,4-5,10-12,14-15H2,(H,25,27)/t16-/m1/s1. The molecule has 1 aliphatic carbocycles. The molecule has 1 saturated heterocycles. The van der Waals surface area contributed by atoms with E-state index in [9.17, 15) is 9.59 Å². The Morgan fingerprint density at radius 3 is 2.72 bits per heavy atom. The minimum absolute atomic E-state index is 0.0287. The number of nitrogens with zero attached hydrogens (tertiary/aromatic N) is 1. The van der Waals surface area contributed by atoms with Crippen LogP contribution in [0.25, 0.3) is 0 Å². The highest BCUT2D eigenvalue weighted by Gasteiger charge is 2.26. The van der Waals surface area contributed by atoms with Gasteiger partial charge in [0.15, 0.2) is 0 Å². The van der Waals surface area contributed by atoms with Crippen LogP contribution in [0.5, 0.6) is 5.75 Å². The number of benzene rings is 2. The Morgan fingerprint density at radius 1 is 1.10 bits per heavy atom. The van der Waals surface area contributed by atoms with Gasteiger partial charge in [0.05, 0.1) is 17.2 Å². The summed E-state index contributed by atoms with van der Waals surface area (Å²) < 4.78 is 5.97. The minimum atomic E-state index is -0.0490. The van der Waals surface area contributed by atoms with Crippen LogP contribution in [0.1, 0.15) is 46.4 Å². The van der Waals surface area contributed by atoms with Gasteiger partial charge >= 0.3 is 0 Å². The molecule has 2 amide bonds. The summed E-state index contributed by atoms with van der Waals surface area (Å²) in [6, 6.07) is 14.8. The molecule has 0 bridgehead atoms. The average Bonchev–Trinajstić information content (AvgIpc) is 3.56.